The summed E-state index contributed by atoms with van der Waals surface area (Å²) in [6.45, 7) is 3.31. The summed E-state index contributed by atoms with van der Waals surface area (Å²) in [5.41, 5.74) is 2.39. The standard InChI is InChI=1S/C18H24N2O2/c1-22-18-8-2-6-16(11-18)20-10-4-7-17(20)13-19-9-3-5-15(12-19)14-21/h2,4,6-8,10-11,15,21H,3,5,9,12-14H2,1H3. The first-order chi connectivity index (χ1) is 10.8. The van der Waals surface area contributed by atoms with Crippen molar-refractivity contribution in [1.82, 2.24) is 9.47 Å². The lowest BCUT2D eigenvalue weighted by Crippen LogP contribution is -2.36. The molecular weight excluding hydrogens is 276 g/mol. The first-order valence-corrected chi connectivity index (χ1v) is 7.94. The summed E-state index contributed by atoms with van der Waals surface area (Å²) < 4.78 is 7.53. The highest BCUT2D eigenvalue weighted by atomic mass is 16.5. The van der Waals surface area contributed by atoms with Crippen LogP contribution in [0.1, 0.15) is 18.5 Å². The fourth-order valence-corrected chi connectivity index (χ4v) is 3.23. The summed E-state index contributed by atoms with van der Waals surface area (Å²) in [5.74, 6) is 1.30. The quantitative estimate of drug-likeness (QED) is 0.922. The summed E-state index contributed by atoms with van der Waals surface area (Å²) in [5, 5.41) is 9.38. The monoisotopic (exact) mass is 300 g/mol. The lowest BCUT2D eigenvalue weighted by molar-refractivity contribution is 0.114. The summed E-state index contributed by atoms with van der Waals surface area (Å²) >= 11 is 0. The molecule has 1 aromatic heterocycles. The maximum absolute atomic E-state index is 9.38. The average Bonchev–Trinajstić information content (AvgIpc) is 3.03. The second-order valence-electron chi connectivity index (χ2n) is 6.00. The van der Waals surface area contributed by atoms with Gasteiger partial charge in [0.05, 0.1) is 7.11 Å². The van der Waals surface area contributed by atoms with E-state index in [-0.39, 0.29) is 0 Å². The third kappa shape index (κ3) is 3.34. The van der Waals surface area contributed by atoms with Crippen molar-refractivity contribution in [2.24, 2.45) is 5.92 Å². The van der Waals surface area contributed by atoms with E-state index in [1.165, 1.54) is 12.1 Å². The topological polar surface area (TPSA) is 37.6 Å². The molecule has 1 aliphatic heterocycles. The van der Waals surface area contributed by atoms with Gasteiger partial charge in [-0.15, -0.1) is 0 Å². The number of aromatic nitrogens is 1. The molecule has 22 heavy (non-hydrogen) atoms. The van der Waals surface area contributed by atoms with Crippen molar-refractivity contribution in [2.75, 3.05) is 26.8 Å². The van der Waals surface area contributed by atoms with E-state index >= 15 is 0 Å². The normalized spacial score (nSPS) is 19.3. The van der Waals surface area contributed by atoms with E-state index in [2.05, 4.69) is 39.9 Å². The van der Waals surface area contributed by atoms with Crippen LogP contribution in [0.4, 0.5) is 0 Å². The number of benzene rings is 1. The molecule has 2 aromatic rings. The van der Waals surface area contributed by atoms with Crippen molar-refractivity contribution in [3.05, 3.63) is 48.3 Å². The Labute approximate surface area is 131 Å². The van der Waals surface area contributed by atoms with Crippen molar-refractivity contribution >= 4 is 0 Å². The van der Waals surface area contributed by atoms with E-state index < -0.39 is 0 Å². The van der Waals surface area contributed by atoms with Gasteiger partial charge in [-0.25, -0.2) is 0 Å². The molecule has 1 atom stereocenters. The number of likely N-dealkylation sites (tertiary alicyclic amines) is 1. The van der Waals surface area contributed by atoms with Crippen LogP contribution in [-0.4, -0.2) is 41.4 Å². The molecule has 4 heteroatoms. The first kappa shape index (κ1) is 15.1. The maximum atomic E-state index is 9.38. The van der Waals surface area contributed by atoms with Gasteiger partial charge in [0, 0.05) is 43.3 Å². The molecule has 4 nitrogen and oxygen atoms in total. The van der Waals surface area contributed by atoms with Crippen LogP contribution >= 0.6 is 0 Å². The van der Waals surface area contributed by atoms with Gasteiger partial charge in [0.25, 0.3) is 0 Å². The van der Waals surface area contributed by atoms with E-state index in [4.69, 9.17) is 4.74 Å². The minimum atomic E-state index is 0.299. The Morgan fingerprint density at radius 1 is 1.27 bits per heavy atom. The van der Waals surface area contributed by atoms with Crippen LogP contribution in [-0.2, 0) is 6.54 Å². The summed E-state index contributed by atoms with van der Waals surface area (Å²) in [6.07, 6.45) is 4.41. The van der Waals surface area contributed by atoms with Gasteiger partial charge < -0.3 is 14.4 Å². The van der Waals surface area contributed by atoms with Crippen LogP contribution in [0.15, 0.2) is 42.6 Å². The molecule has 118 valence electrons. The van der Waals surface area contributed by atoms with E-state index in [0.29, 0.717) is 12.5 Å². The van der Waals surface area contributed by atoms with Crippen molar-refractivity contribution in [2.45, 2.75) is 19.4 Å². The number of aliphatic hydroxyl groups is 1. The second kappa shape index (κ2) is 6.99. The first-order valence-electron chi connectivity index (χ1n) is 7.94. The van der Waals surface area contributed by atoms with Gasteiger partial charge in [-0.1, -0.05) is 6.07 Å². The molecule has 2 heterocycles. The van der Waals surface area contributed by atoms with Crippen molar-refractivity contribution in [3.63, 3.8) is 0 Å². The second-order valence-corrected chi connectivity index (χ2v) is 6.00. The van der Waals surface area contributed by atoms with Gasteiger partial charge in [0.15, 0.2) is 0 Å². The van der Waals surface area contributed by atoms with Crippen molar-refractivity contribution in [1.29, 1.82) is 0 Å². The molecule has 0 aliphatic carbocycles. The van der Waals surface area contributed by atoms with Crippen molar-refractivity contribution in [3.8, 4) is 11.4 Å². The van der Waals surface area contributed by atoms with E-state index in [1.807, 2.05) is 12.1 Å². The van der Waals surface area contributed by atoms with Crippen LogP contribution in [0.5, 0.6) is 5.75 Å². The molecule has 0 saturated carbocycles. The van der Waals surface area contributed by atoms with Crippen LogP contribution in [0.25, 0.3) is 5.69 Å². The zero-order valence-corrected chi connectivity index (χ0v) is 13.1. The number of piperidine rings is 1. The largest absolute Gasteiger partial charge is 0.497 e. The highest BCUT2D eigenvalue weighted by molar-refractivity contribution is 5.41. The van der Waals surface area contributed by atoms with Crippen LogP contribution in [0, 0.1) is 5.92 Å². The minimum Gasteiger partial charge on any atom is -0.497 e. The third-order valence-corrected chi connectivity index (χ3v) is 4.41. The van der Waals surface area contributed by atoms with E-state index in [9.17, 15) is 5.11 Å². The predicted octanol–water partition coefficient (Wildman–Crippen LogP) is 2.69. The lowest BCUT2D eigenvalue weighted by atomic mass is 9.99. The van der Waals surface area contributed by atoms with Crippen LogP contribution < -0.4 is 4.74 Å². The van der Waals surface area contributed by atoms with E-state index in [1.54, 1.807) is 7.11 Å². The molecule has 0 amide bonds. The number of rotatable bonds is 5. The molecule has 1 aliphatic rings. The zero-order chi connectivity index (χ0) is 15.4. The molecule has 0 spiro atoms. The van der Waals surface area contributed by atoms with Gasteiger partial charge >= 0.3 is 0 Å². The molecule has 1 saturated heterocycles. The maximum Gasteiger partial charge on any atom is 0.120 e. The summed E-state index contributed by atoms with van der Waals surface area (Å²) in [7, 11) is 1.69. The average molecular weight is 300 g/mol. The van der Waals surface area contributed by atoms with Gasteiger partial charge in [-0.2, -0.15) is 0 Å². The smallest absolute Gasteiger partial charge is 0.120 e. The highest BCUT2D eigenvalue weighted by Crippen LogP contribution is 2.22. The minimum absolute atomic E-state index is 0.299. The number of hydrogen-bond donors (Lipinski definition) is 1. The van der Waals surface area contributed by atoms with Gasteiger partial charge in [0.1, 0.15) is 5.75 Å². The summed E-state index contributed by atoms with van der Waals surface area (Å²) in [4.78, 5) is 2.44. The van der Waals surface area contributed by atoms with E-state index in [0.717, 1.165) is 37.5 Å². The Hall–Kier alpha value is -1.78. The molecule has 0 bridgehead atoms. The van der Waals surface area contributed by atoms with Gasteiger partial charge in [-0.3, -0.25) is 4.90 Å². The summed E-state index contributed by atoms with van der Waals surface area (Å²) in [6, 6.07) is 12.4. The molecular formula is C18H24N2O2. The van der Waals surface area contributed by atoms with Crippen LogP contribution in [0.2, 0.25) is 0 Å². The molecule has 1 aromatic carbocycles. The SMILES string of the molecule is COc1cccc(-n2cccc2CN2CCCC(CO)C2)c1. The Kier molecular flexibility index (Phi) is 4.80. The Balaban J connectivity index is 1.77. The molecule has 1 unspecified atom stereocenters. The Morgan fingerprint density at radius 3 is 3.00 bits per heavy atom. The van der Waals surface area contributed by atoms with Crippen LogP contribution in [0.3, 0.4) is 0 Å². The Morgan fingerprint density at radius 2 is 2.18 bits per heavy atom. The van der Waals surface area contributed by atoms with Gasteiger partial charge in [0.2, 0.25) is 0 Å². The number of nitrogens with zero attached hydrogens (tertiary/aromatic N) is 2. The zero-order valence-electron chi connectivity index (χ0n) is 13.1. The highest BCUT2D eigenvalue weighted by Gasteiger charge is 2.20. The fraction of sp³-hybridized carbons (Fsp3) is 0.444. The third-order valence-electron chi connectivity index (χ3n) is 4.41. The molecule has 3 rings (SSSR count). The fourth-order valence-electron chi connectivity index (χ4n) is 3.23. The predicted molar refractivity (Wildman–Crippen MR) is 87.4 cm³/mol. The number of aliphatic hydroxyl groups excluding tert-OH is 1. The lowest BCUT2D eigenvalue weighted by Gasteiger charge is -2.32. The molecule has 1 N–H and O–H groups in total. The molecule has 0 radical (unpaired) electrons. The molecule has 1 fully saturated rings. The van der Waals surface area contributed by atoms with Gasteiger partial charge in [-0.05, 0) is 49.6 Å². The number of methoxy groups -OCH3 is 1. The van der Waals surface area contributed by atoms with Crippen molar-refractivity contribution < 1.29 is 9.84 Å². The Bertz CT molecular complexity index is 609. The number of ether oxygens (including phenoxy) is 1. The number of hydrogen-bond acceptors (Lipinski definition) is 3.